The van der Waals surface area contributed by atoms with Gasteiger partial charge in [0, 0.05) is 6.42 Å². The van der Waals surface area contributed by atoms with Crippen molar-refractivity contribution in [3.8, 4) is 5.75 Å². The summed E-state index contributed by atoms with van der Waals surface area (Å²) in [6, 6.07) is 0.0714. The Morgan fingerprint density at radius 1 is 0.766 bits per heavy atom. The number of aromatic hydroxyl groups is 1. The Morgan fingerprint density at radius 2 is 1.34 bits per heavy atom. The maximum absolute atomic E-state index is 13.6. The standard InChI is InChI=1S/C31H51N7O9/c1-17(2)13-22(37-28(43)21(7-5-6-12-32)36-30(45)26(33)18(3)4)29(44)38-23(14-19-8-10-20(40)11-9-19)27(42)34-15-25(41)35-24(16-39)31(46)47/h8-11,17-18,21-24,26,39-40H,5-7,12-16,32-33H2,1-4H3,(H,34,42)(H,35,41)(H,36,45)(H,37,43)(H,38,44)(H,46,47)/t21-,22-,23-,24-,26-/m0/s1. The van der Waals surface area contributed by atoms with E-state index in [1.54, 1.807) is 13.8 Å². The quantitative estimate of drug-likeness (QED) is 0.0656. The van der Waals surface area contributed by atoms with Gasteiger partial charge in [-0.25, -0.2) is 4.79 Å². The summed E-state index contributed by atoms with van der Waals surface area (Å²) in [5.41, 5.74) is 12.1. The summed E-state index contributed by atoms with van der Waals surface area (Å²) < 4.78 is 0. The minimum Gasteiger partial charge on any atom is -0.508 e. The molecule has 5 amide bonds. The number of phenols is 1. The van der Waals surface area contributed by atoms with E-state index in [0.29, 0.717) is 24.9 Å². The van der Waals surface area contributed by atoms with Crippen LogP contribution >= 0.6 is 0 Å². The zero-order valence-electron chi connectivity index (χ0n) is 27.5. The largest absolute Gasteiger partial charge is 0.508 e. The van der Waals surface area contributed by atoms with E-state index in [-0.39, 0.29) is 36.8 Å². The Labute approximate surface area is 274 Å². The Bertz CT molecular complexity index is 1190. The van der Waals surface area contributed by atoms with Crippen LogP contribution in [0.5, 0.6) is 5.75 Å². The number of carboxylic acid groups (broad SMARTS) is 1. The lowest BCUT2D eigenvalue weighted by Gasteiger charge is -2.27. The molecule has 1 rings (SSSR count). The van der Waals surface area contributed by atoms with Crippen LogP contribution in [0.3, 0.4) is 0 Å². The fraction of sp³-hybridized carbons (Fsp3) is 0.613. The number of carbonyl (C=O) groups excluding carboxylic acids is 5. The lowest BCUT2D eigenvalue weighted by atomic mass is 9.99. The Hall–Kier alpha value is -4.28. The predicted molar refractivity (Wildman–Crippen MR) is 172 cm³/mol. The molecule has 0 aliphatic rings. The Kier molecular flexibility index (Phi) is 18.0. The highest BCUT2D eigenvalue weighted by atomic mass is 16.4. The van der Waals surface area contributed by atoms with Crippen molar-refractivity contribution in [1.29, 1.82) is 0 Å². The number of carboxylic acids is 1. The second-order valence-electron chi connectivity index (χ2n) is 12.1. The van der Waals surface area contributed by atoms with Gasteiger partial charge in [-0.05, 0) is 61.8 Å². The first-order valence-electron chi connectivity index (χ1n) is 15.6. The van der Waals surface area contributed by atoms with E-state index in [0.717, 1.165) is 0 Å². The number of hydrogen-bond acceptors (Lipinski definition) is 10. The molecule has 264 valence electrons. The summed E-state index contributed by atoms with van der Waals surface area (Å²) in [6.45, 7) is 6.10. The van der Waals surface area contributed by atoms with Gasteiger partial charge in [0.05, 0.1) is 19.2 Å². The molecule has 12 N–H and O–H groups in total. The van der Waals surface area contributed by atoms with Gasteiger partial charge in [-0.3, -0.25) is 24.0 Å². The first kappa shape index (κ1) is 40.7. The molecule has 0 aliphatic heterocycles. The molecule has 0 fully saturated rings. The van der Waals surface area contributed by atoms with Gasteiger partial charge in [0.2, 0.25) is 29.5 Å². The van der Waals surface area contributed by atoms with Crippen LogP contribution in [0.25, 0.3) is 0 Å². The minimum absolute atomic E-state index is 0.0190. The van der Waals surface area contributed by atoms with E-state index in [4.69, 9.17) is 21.7 Å². The number of phenolic OH excluding ortho intramolecular Hbond substituents is 1. The second kappa shape index (κ2) is 20.8. The van der Waals surface area contributed by atoms with Crippen LogP contribution in [0.2, 0.25) is 0 Å². The van der Waals surface area contributed by atoms with E-state index < -0.39 is 78.9 Å². The number of hydrogen-bond donors (Lipinski definition) is 10. The van der Waals surface area contributed by atoms with Gasteiger partial charge in [0.1, 0.15) is 29.9 Å². The lowest BCUT2D eigenvalue weighted by Crippen LogP contribution is -2.59. The number of benzene rings is 1. The summed E-state index contributed by atoms with van der Waals surface area (Å²) in [5.74, 6) is -5.25. The third-order valence-corrected chi connectivity index (χ3v) is 7.19. The van der Waals surface area contributed by atoms with Crippen molar-refractivity contribution in [2.75, 3.05) is 19.7 Å². The highest BCUT2D eigenvalue weighted by Crippen LogP contribution is 2.13. The van der Waals surface area contributed by atoms with Crippen molar-refractivity contribution < 1.29 is 44.1 Å². The molecule has 16 heteroatoms. The van der Waals surface area contributed by atoms with E-state index in [1.165, 1.54) is 24.3 Å². The van der Waals surface area contributed by atoms with Crippen LogP contribution in [0.1, 0.15) is 58.9 Å². The number of nitrogens with two attached hydrogens (primary N) is 2. The van der Waals surface area contributed by atoms with Gasteiger partial charge < -0.3 is 53.4 Å². The summed E-state index contributed by atoms with van der Waals surface area (Å²) in [4.78, 5) is 76.4. The smallest absolute Gasteiger partial charge is 0.328 e. The molecular weight excluding hydrogens is 614 g/mol. The molecule has 0 saturated carbocycles. The molecule has 16 nitrogen and oxygen atoms in total. The first-order valence-corrected chi connectivity index (χ1v) is 15.6. The van der Waals surface area contributed by atoms with Gasteiger partial charge in [-0.1, -0.05) is 39.8 Å². The highest BCUT2D eigenvalue weighted by Gasteiger charge is 2.31. The third-order valence-electron chi connectivity index (χ3n) is 7.19. The molecule has 47 heavy (non-hydrogen) atoms. The number of aliphatic carboxylic acids is 1. The van der Waals surface area contributed by atoms with Crippen molar-refractivity contribution >= 4 is 35.5 Å². The van der Waals surface area contributed by atoms with Crippen LogP contribution in [-0.2, 0) is 35.2 Å². The van der Waals surface area contributed by atoms with Gasteiger partial charge in [0.15, 0.2) is 0 Å². The number of rotatable bonds is 21. The zero-order chi connectivity index (χ0) is 35.7. The molecule has 0 aliphatic carbocycles. The van der Waals surface area contributed by atoms with E-state index >= 15 is 0 Å². The molecule has 0 aromatic heterocycles. The molecule has 0 bridgehead atoms. The highest BCUT2D eigenvalue weighted by molar-refractivity contribution is 5.95. The van der Waals surface area contributed by atoms with Crippen LogP contribution in [0.4, 0.5) is 0 Å². The monoisotopic (exact) mass is 665 g/mol. The number of aliphatic hydroxyl groups excluding tert-OH is 1. The maximum Gasteiger partial charge on any atom is 0.328 e. The van der Waals surface area contributed by atoms with Crippen molar-refractivity contribution in [1.82, 2.24) is 26.6 Å². The lowest BCUT2D eigenvalue weighted by molar-refractivity contribution is -0.142. The molecule has 1 aromatic rings. The van der Waals surface area contributed by atoms with E-state index in [2.05, 4.69) is 26.6 Å². The van der Waals surface area contributed by atoms with Crippen molar-refractivity contribution in [3.05, 3.63) is 29.8 Å². The summed E-state index contributed by atoms with van der Waals surface area (Å²) in [7, 11) is 0. The average Bonchev–Trinajstić information content (AvgIpc) is 3.01. The fourth-order valence-corrected chi connectivity index (χ4v) is 4.38. The van der Waals surface area contributed by atoms with Gasteiger partial charge >= 0.3 is 5.97 Å². The average molecular weight is 666 g/mol. The molecule has 0 radical (unpaired) electrons. The van der Waals surface area contributed by atoms with Crippen molar-refractivity contribution in [2.45, 2.75) is 90.0 Å². The summed E-state index contributed by atoms with van der Waals surface area (Å²) in [6.07, 6.45) is 1.50. The zero-order valence-corrected chi connectivity index (χ0v) is 27.5. The van der Waals surface area contributed by atoms with Gasteiger partial charge in [-0.2, -0.15) is 0 Å². The van der Waals surface area contributed by atoms with Gasteiger partial charge in [0.25, 0.3) is 0 Å². The van der Waals surface area contributed by atoms with Crippen molar-refractivity contribution in [2.24, 2.45) is 23.3 Å². The minimum atomic E-state index is -1.57. The van der Waals surface area contributed by atoms with Crippen molar-refractivity contribution in [3.63, 3.8) is 0 Å². The fourth-order valence-electron chi connectivity index (χ4n) is 4.38. The molecule has 0 spiro atoms. The number of amides is 5. The molecule has 0 heterocycles. The molecular formula is C31H51N7O9. The Balaban J connectivity index is 3.20. The first-order chi connectivity index (χ1) is 22.1. The van der Waals surface area contributed by atoms with Crippen LogP contribution < -0.4 is 38.1 Å². The van der Waals surface area contributed by atoms with Crippen LogP contribution in [0.15, 0.2) is 24.3 Å². The topological polar surface area (TPSA) is 275 Å². The summed E-state index contributed by atoms with van der Waals surface area (Å²) >= 11 is 0. The number of unbranched alkanes of at least 4 members (excludes halogenated alkanes) is 1. The van der Waals surface area contributed by atoms with E-state index in [9.17, 15) is 33.9 Å². The second-order valence-corrected chi connectivity index (χ2v) is 12.1. The number of aliphatic hydroxyl groups is 1. The maximum atomic E-state index is 13.6. The van der Waals surface area contributed by atoms with E-state index in [1.807, 2.05) is 13.8 Å². The third kappa shape index (κ3) is 15.2. The number of nitrogens with one attached hydrogen (secondary N) is 5. The molecule has 1 aromatic carbocycles. The summed E-state index contributed by atoms with van der Waals surface area (Å²) in [5, 5.41) is 40.3. The molecule has 0 unspecified atom stereocenters. The van der Waals surface area contributed by atoms with Gasteiger partial charge in [-0.15, -0.1) is 0 Å². The molecule has 0 saturated heterocycles. The SMILES string of the molecule is CC(C)C[C@H](NC(=O)[C@H](CCCCN)NC(=O)[C@@H](N)C(C)C)C(=O)N[C@@H](Cc1ccc(O)cc1)C(=O)NCC(=O)N[C@@H](CO)C(=O)O. The molecule has 5 atom stereocenters. The predicted octanol–water partition coefficient (Wildman–Crippen LogP) is -1.77. The Morgan fingerprint density at radius 3 is 1.87 bits per heavy atom. The normalized spacial score (nSPS) is 14.3. The van der Waals surface area contributed by atoms with Crippen LogP contribution in [-0.4, -0.2) is 101 Å². The van der Waals surface area contributed by atoms with Crippen LogP contribution in [0, 0.1) is 11.8 Å². The number of carbonyl (C=O) groups is 6.